The van der Waals surface area contributed by atoms with E-state index in [9.17, 15) is 19.2 Å². The van der Waals surface area contributed by atoms with Crippen molar-refractivity contribution in [2.45, 2.75) is 38.4 Å². The number of carboxylic acids is 1. The van der Waals surface area contributed by atoms with Crippen LogP contribution in [0.4, 0.5) is 0 Å². The van der Waals surface area contributed by atoms with Gasteiger partial charge in [-0.05, 0) is 17.5 Å². The van der Waals surface area contributed by atoms with E-state index >= 15 is 0 Å². The Kier molecular flexibility index (Phi) is 9.09. The number of carbonyl (C=O) groups excluding carboxylic acids is 3. The van der Waals surface area contributed by atoms with E-state index in [1.54, 1.807) is 20.0 Å². The molecule has 0 saturated carbocycles. The van der Waals surface area contributed by atoms with Crippen molar-refractivity contribution < 1.29 is 24.3 Å². The lowest BCUT2D eigenvalue weighted by molar-refractivity contribution is -0.138. The number of amides is 3. The maximum Gasteiger partial charge on any atom is 0.322 e. The molecule has 3 unspecified atom stereocenters. The van der Waals surface area contributed by atoms with Gasteiger partial charge in [0, 0.05) is 29.3 Å². The smallest absolute Gasteiger partial charge is 0.322 e. The van der Waals surface area contributed by atoms with Gasteiger partial charge in [0.05, 0.1) is 6.04 Å². The highest BCUT2D eigenvalue weighted by molar-refractivity contribution is 7.80. The van der Waals surface area contributed by atoms with Crippen LogP contribution in [0.3, 0.4) is 0 Å². The van der Waals surface area contributed by atoms with Gasteiger partial charge in [0.2, 0.25) is 17.7 Å². The van der Waals surface area contributed by atoms with Crippen LogP contribution in [0.1, 0.15) is 19.4 Å². The molecule has 0 aliphatic rings. The molecule has 0 fully saturated rings. The van der Waals surface area contributed by atoms with Crippen LogP contribution >= 0.6 is 12.6 Å². The minimum absolute atomic E-state index is 0.110. The van der Waals surface area contributed by atoms with E-state index in [-0.39, 0.29) is 18.1 Å². The van der Waals surface area contributed by atoms with Gasteiger partial charge in [0.25, 0.3) is 0 Å². The van der Waals surface area contributed by atoms with Crippen molar-refractivity contribution >= 4 is 47.2 Å². The van der Waals surface area contributed by atoms with Crippen LogP contribution < -0.4 is 21.7 Å². The number of carboxylic acid groups (broad SMARTS) is 1. The molecule has 32 heavy (non-hydrogen) atoms. The molecule has 0 bridgehead atoms. The first-order chi connectivity index (χ1) is 15.1. The predicted molar refractivity (Wildman–Crippen MR) is 123 cm³/mol. The van der Waals surface area contributed by atoms with Crippen molar-refractivity contribution in [2.24, 2.45) is 11.7 Å². The van der Waals surface area contributed by atoms with Crippen molar-refractivity contribution in [3.05, 3.63) is 36.0 Å². The summed E-state index contributed by atoms with van der Waals surface area (Å²) in [6.45, 7) is 2.91. The molecule has 0 aliphatic heterocycles. The largest absolute Gasteiger partial charge is 0.480 e. The van der Waals surface area contributed by atoms with Gasteiger partial charge in [-0.15, -0.1) is 0 Å². The molecule has 0 radical (unpaired) electrons. The maximum atomic E-state index is 13.0. The number of carbonyl (C=O) groups is 4. The molecule has 2 rings (SSSR count). The van der Waals surface area contributed by atoms with E-state index < -0.39 is 48.4 Å². The molecule has 7 N–H and O–H groups in total. The molecule has 10 nitrogen and oxygen atoms in total. The number of nitrogens with one attached hydrogen (secondary N) is 4. The van der Waals surface area contributed by atoms with E-state index in [0.29, 0.717) is 0 Å². The summed E-state index contributed by atoms with van der Waals surface area (Å²) in [4.78, 5) is 51.8. The van der Waals surface area contributed by atoms with E-state index in [1.165, 1.54) is 0 Å². The Balaban J connectivity index is 2.23. The van der Waals surface area contributed by atoms with Gasteiger partial charge >= 0.3 is 5.97 Å². The average Bonchev–Trinajstić information content (AvgIpc) is 3.16. The summed E-state index contributed by atoms with van der Waals surface area (Å²) in [5.74, 6) is -3.14. The fourth-order valence-corrected chi connectivity index (χ4v) is 3.32. The van der Waals surface area contributed by atoms with Gasteiger partial charge in [0.1, 0.15) is 18.6 Å². The van der Waals surface area contributed by atoms with Crippen LogP contribution in [0.15, 0.2) is 30.5 Å². The minimum Gasteiger partial charge on any atom is -0.480 e. The number of hydrogen-bond donors (Lipinski definition) is 7. The van der Waals surface area contributed by atoms with Crippen molar-refractivity contribution in [3.8, 4) is 0 Å². The number of thiol groups is 1. The number of para-hydroxylation sites is 1. The average molecular weight is 464 g/mol. The quantitative estimate of drug-likeness (QED) is 0.228. The summed E-state index contributed by atoms with van der Waals surface area (Å²) in [7, 11) is 0. The van der Waals surface area contributed by atoms with Gasteiger partial charge in [-0.2, -0.15) is 12.6 Å². The second-order valence-corrected chi connectivity index (χ2v) is 8.12. The third-order valence-electron chi connectivity index (χ3n) is 4.93. The van der Waals surface area contributed by atoms with E-state index in [1.807, 2.05) is 24.3 Å². The van der Waals surface area contributed by atoms with Gasteiger partial charge < -0.3 is 31.8 Å². The van der Waals surface area contributed by atoms with E-state index in [0.717, 1.165) is 16.5 Å². The molecule has 0 aliphatic carbocycles. The number of hydrogen-bond acceptors (Lipinski definition) is 6. The van der Waals surface area contributed by atoms with Crippen LogP contribution in [0.2, 0.25) is 0 Å². The Hall–Kier alpha value is -3.05. The number of nitrogens with two attached hydrogens (primary N) is 1. The first-order valence-electron chi connectivity index (χ1n) is 10.2. The highest BCUT2D eigenvalue weighted by Crippen LogP contribution is 2.19. The lowest BCUT2D eigenvalue weighted by Gasteiger charge is -2.26. The number of rotatable bonds is 11. The fraction of sp³-hybridized carbons (Fsp3) is 0.429. The predicted octanol–water partition coefficient (Wildman–Crippen LogP) is -0.206. The number of aromatic nitrogens is 1. The van der Waals surface area contributed by atoms with Crippen LogP contribution in [-0.4, -0.2) is 64.2 Å². The monoisotopic (exact) mass is 463 g/mol. The van der Waals surface area contributed by atoms with E-state index in [4.69, 9.17) is 10.8 Å². The van der Waals surface area contributed by atoms with Crippen LogP contribution in [-0.2, 0) is 25.6 Å². The number of fused-ring (bicyclic) bond motifs is 1. The fourth-order valence-electron chi connectivity index (χ4n) is 3.16. The zero-order valence-corrected chi connectivity index (χ0v) is 18.8. The molecular formula is C21H29N5O5S. The second-order valence-electron chi connectivity index (χ2n) is 7.76. The summed E-state index contributed by atoms with van der Waals surface area (Å²) in [6.07, 6.45) is 1.86. The van der Waals surface area contributed by atoms with Gasteiger partial charge in [0.15, 0.2) is 0 Å². The number of benzene rings is 1. The lowest BCUT2D eigenvalue weighted by Crippen LogP contribution is -2.58. The highest BCUT2D eigenvalue weighted by Gasteiger charge is 2.30. The summed E-state index contributed by atoms with van der Waals surface area (Å²) in [5.41, 5.74) is 7.33. The Bertz CT molecular complexity index is 976. The number of aromatic amines is 1. The zero-order chi connectivity index (χ0) is 23.8. The standard InChI is InChI=1S/C21H29N5O5S/c1-11(2)18(26-19(29)14(22)10-32)21(31)25-16(20(30)24-9-17(27)28)7-12-8-23-15-6-4-3-5-13(12)15/h3-6,8,11,14,16,18,23,32H,7,9-10,22H2,1-2H3,(H,24,30)(H,25,31)(H,26,29)(H,27,28). The first-order valence-corrected chi connectivity index (χ1v) is 10.8. The van der Waals surface area contributed by atoms with Crippen molar-refractivity contribution in [3.63, 3.8) is 0 Å². The summed E-state index contributed by atoms with van der Waals surface area (Å²) >= 11 is 3.99. The van der Waals surface area contributed by atoms with Crippen LogP contribution in [0, 0.1) is 5.92 Å². The Labute approximate surface area is 191 Å². The number of H-pyrrole nitrogens is 1. The molecule has 3 atom stereocenters. The molecule has 11 heteroatoms. The minimum atomic E-state index is -1.21. The molecule has 1 aromatic carbocycles. The van der Waals surface area contributed by atoms with Gasteiger partial charge in [-0.3, -0.25) is 19.2 Å². The van der Waals surface area contributed by atoms with Crippen molar-refractivity contribution in [2.75, 3.05) is 12.3 Å². The third-order valence-corrected chi connectivity index (χ3v) is 5.32. The highest BCUT2D eigenvalue weighted by atomic mass is 32.1. The number of aliphatic carboxylic acids is 1. The van der Waals surface area contributed by atoms with Crippen molar-refractivity contribution in [1.82, 2.24) is 20.9 Å². The molecule has 0 saturated heterocycles. The first kappa shape index (κ1) is 25.2. The molecule has 1 heterocycles. The Morgan fingerprint density at radius 3 is 2.41 bits per heavy atom. The van der Waals surface area contributed by atoms with Crippen LogP contribution in [0.25, 0.3) is 10.9 Å². The zero-order valence-electron chi connectivity index (χ0n) is 17.9. The van der Waals surface area contributed by atoms with Crippen molar-refractivity contribution in [1.29, 1.82) is 0 Å². The topological polar surface area (TPSA) is 166 Å². The van der Waals surface area contributed by atoms with Gasteiger partial charge in [-0.25, -0.2) is 0 Å². The Morgan fingerprint density at radius 2 is 1.78 bits per heavy atom. The lowest BCUT2D eigenvalue weighted by atomic mass is 10.0. The van der Waals surface area contributed by atoms with Crippen LogP contribution in [0.5, 0.6) is 0 Å². The second kappa shape index (κ2) is 11.5. The molecule has 1 aromatic heterocycles. The Morgan fingerprint density at radius 1 is 1.09 bits per heavy atom. The summed E-state index contributed by atoms with van der Waals surface area (Å²) in [5, 5.41) is 17.3. The molecule has 2 aromatic rings. The SMILES string of the molecule is CC(C)C(NC(=O)C(N)CS)C(=O)NC(Cc1c[nH]c2ccccc12)C(=O)NCC(=O)O. The summed E-state index contributed by atoms with van der Waals surface area (Å²) < 4.78 is 0. The molecule has 0 spiro atoms. The third kappa shape index (κ3) is 6.72. The maximum absolute atomic E-state index is 13.0. The van der Waals surface area contributed by atoms with E-state index in [2.05, 4.69) is 33.6 Å². The molecule has 3 amide bonds. The summed E-state index contributed by atoms with van der Waals surface area (Å²) in [6, 6.07) is 4.61. The normalized spacial score (nSPS) is 13.9. The van der Waals surface area contributed by atoms with Gasteiger partial charge in [-0.1, -0.05) is 32.0 Å². The molecule has 174 valence electrons. The molecular weight excluding hydrogens is 434 g/mol.